The number of pyridine rings is 1. The number of anilines is 1. The molecule has 0 bridgehead atoms. The number of methoxy groups -OCH3 is 2. The number of hydrogen-bond donors (Lipinski definition) is 2. The van der Waals surface area contributed by atoms with Crippen molar-refractivity contribution in [3.05, 3.63) is 60.3 Å². The molecule has 0 radical (unpaired) electrons. The van der Waals surface area contributed by atoms with Crippen LogP contribution in [0.2, 0.25) is 0 Å². The first-order valence-electron chi connectivity index (χ1n) is 12.4. The van der Waals surface area contributed by atoms with Crippen LogP contribution >= 0.6 is 0 Å². The molecule has 10 nitrogen and oxygen atoms in total. The van der Waals surface area contributed by atoms with Crippen LogP contribution in [-0.4, -0.2) is 60.8 Å². The number of carbonyl (C=O) groups excluding carboxylic acids is 1. The molecule has 4 aromatic rings. The van der Waals surface area contributed by atoms with Crippen LogP contribution in [0.3, 0.4) is 0 Å². The molecular formula is C27H25F4N5O5. The Morgan fingerprint density at radius 3 is 2.56 bits per heavy atom. The predicted molar refractivity (Wildman–Crippen MR) is 140 cm³/mol. The molecule has 1 unspecified atom stereocenters. The summed E-state index contributed by atoms with van der Waals surface area (Å²) >= 11 is 0. The maximum absolute atomic E-state index is 15.1. The van der Waals surface area contributed by atoms with E-state index in [1.165, 1.54) is 43.4 Å². The summed E-state index contributed by atoms with van der Waals surface area (Å²) in [6.45, 7) is -0.378. The lowest BCUT2D eigenvalue weighted by Gasteiger charge is -2.13. The van der Waals surface area contributed by atoms with E-state index in [2.05, 4.69) is 20.7 Å². The fraction of sp³-hybridized carbons (Fsp3) is 0.296. The summed E-state index contributed by atoms with van der Waals surface area (Å²) in [7, 11) is 2.99. The van der Waals surface area contributed by atoms with Gasteiger partial charge in [-0.3, -0.25) is 14.5 Å². The van der Waals surface area contributed by atoms with Crippen LogP contribution in [0, 0.1) is 5.82 Å². The van der Waals surface area contributed by atoms with Crippen LogP contribution in [0.1, 0.15) is 23.0 Å². The van der Waals surface area contributed by atoms with Crippen LogP contribution in [0.5, 0.6) is 28.7 Å². The van der Waals surface area contributed by atoms with Gasteiger partial charge >= 0.3 is 6.18 Å². The zero-order valence-corrected chi connectivity index (χ0v) is 21.9. The van der Waals surface area contributed by atoms with E-state index in [0.717, 1.165) is 6.07 Å². The minimum atomic E-state index is -4.62. The molecule has 0 aliphatic carbocycles. The Balaban J connectivity index is 1.36. The number of halogens is 4. The molecule has 5 rings (SSSR count). The minimum absolute atomic E-state index is 0.120. The number of rotatable bonds is 9. The highest BCUT2D eigenvalue weighted by Crippen LogP contribution is 2.37. The number of carbonyl (C=O) groups is 1. The molecule has 0 spiro atoms. The van der Waals surface area contributed by atoms with E-state index in [4.69, 9.17) is 18.9 Å². The third-order valence-electron chi connectivity index (χ3n) is 6.34. The van der Waals surface area contributed by atoms with Crippen molar-refractivity contribution in [3.63, 3.8) is 0 Å². The summed E-state index contributed by atoms with van der Waals surface area (Å²) in [4.78, 5) is 17.3. The van der Waals surface area contributed by atoms with Crippen LogP contribution in [0.4, 0.5) is 23.2 Å². The Morgan fingerprint density at radius 2 is 1.88 bits per heavy atom. The van der Waals surface area contributed by atoms with E-state index in [1.54, 1.807) is 18.2 Å². The van der Waals surface area contributed by atoms with E-state index in [1.807, 2.05) is 0 Å². The molecule has 1 atom stereocenters. The molecule has 1 saturated heterocycles. The number of benzene rings is 2. The van der Waals surface area contributed by atoms with Gasteiger partial charge in [0.05, 0.1) is 37.7 Å². The average molecular weight is 576 g/mol. The molecule has 2 aromatic carbocycles. The SMILES string of the molecule is COc1cc2nccc(Oc3ccc(NC(=O)c4nn(C5CCNC5)cc4OCC(F)(F)F)c(F)c3)c2cc1OC. The Labute approximate surface area is 231 Å². The molecule has 1 aliphatic heterocycles. The van der Waals surface area contributed by atoms with Gasteiger partial charge in [-0.2, -0.15) is 18.3 Å². The summed E-state index contributed by atoms with van der Waals surface area (Å²) in [6, 6.07) is 8.55. The van der Waals surface area contributed by atoms with E-state index >= 15 is 4.39 Å². The van der Waals surface area contributed by atoms with Crippen molar-refractivity contribution in [1.82, 2.24) is 20.1 Å². The second-order valence-corrected chi connectivity index (χ2v) is 9.10. The molecule has 216 valence electrons. The molecule has 14 heteroatoms. The molecule has 0 saturated carbocycles. The first-order chi connectivity index (χ1) is 19.6. The highest BCUT2D eigenvalue weighted by molar-refractivity contribution is 6.04. The summed E-state index contributed by atoms with van der Waals surface area (Å²) in [6.07, 6.45) is -1.18. The molecule has 1 aliphatic rings. The van der Waals surface area contributed by atoms with Gasteiger partial charge in [0.1, 0.15) is 17.3 Å². The van der Waals surface area contributed by atoms with Crippen molar-refractivity contribution in [2.45, 2.75) is 18.6 Å². The van der Waals surface area contributed by atoms with Crippen LogP contribution in [-0.2, 0) is 0 Å². The third-order valence-corrected chi connectivity index (χ3v) is 6.34. The summed E-state index contributed by atoms with van der Waals surface area (Å²) in [5.74, 6) is -0.713. The van der Waals surface area contributed by atoms with E-state index in [0.29, 0.717) is 47.7 Å². The van der Waals surface area contributed by atoms with Crippen molar-refractivity contribution >= 4 is 22.5 Å². The van der Waals surface area contributed by atoms with Gasteiger partial charge < -0.3 is 29.6 Å². The van der Waals surface area contributed by atoms with Crippen molar-refractivity contribution in [1.29, 1.82) is 0 Å². The highest BCUT2D eigenvalue weighted by Gasteiger charge is 2.31. The third kappa shape index (κ3) is 6.27. The molecule has 1 fully saturated rings. The monoisotopic (exact) mass is 575 g/mol. The van der Waals surface area contributed by atoms with Gasteiger partial charge in [-0.1, -0.05) is 0 Å². The fourth-order valence-electron chi connectivity index (χ4n) is 4.36. The van der Waals surface area contributed by atoms with Gasteiger partial charge in [-0.25, -0.2) is 4.39 Å². The normalized spacial score (nSPS) is 15.1. The zero-order valence-electron chi connectivity index (χ0n) is 21.9. The average Bonchev–Trinajstić information content (AvgIpc) is 3.63. The topological polar surface area (TPSA) is 109 Å². The molecule has 3 heterocycles. The number of nitrogens with one attached hydrogen (secondary N) is 2. The van der Waals surface area contributed by atoms with Gasteiger partial charge in [0.15, 0.2) is 29.5 Å². The van der Waals surface area contributed by atoms with Gasteiger partial charge in [0.2, 0.25) is 0 Å². The second-order valence-electron chi connectivity index (χ2n) is 9.10. The number of amides is 1. The van der Waals surface area contributed by atoms with Crippen LogP contribution in [0.25, 0.3) is 10.9 Å². The van der Waals surface area contributed by atoms with Crippen molar-refractivity contribution in [2.24, 2.45) is 0 Å². The smallest absolute Gasteiger partial charge is 0.422 e. The first kappa shape index (κ1) is 28.0. The number of hydrogen-bond acceptors (Lipinski definition) is 8. The van der Waals surface area contributed by atoms with E-state index < -0.39 is 30.2 Å². The Morgan fingerprint density at radius 1 is 1.10 bits per heavy atom. The summed E-state index contributed by atoms with van der Waals surface area (Å²) < 4.78 is 76.2. The van der Waals surface area contributed by atoms with Crippen molar-refractivity contribution < 1.29 is 41.3 Å². The largest absolute Gasteiger partial charge is 0.493 e. The van der Waals surface area contributed by atoms with Crippen molar-refractivity contribution in [2.75, 3.05) is 39.2 Å². The van der Waals surface area contributed by atoms with E-state index in [-0.39, 0.29) is 23.2 Å². The number of alkyl halides is 3. The molecular weight excluding hydrogens is 550 g/mol. The number of fused-ring (bicyclic) bond motifs is 1. The van der Waals surface area contributed by atoms with Gasteiger partial charge in [0, 0.05) is 30.3 Å². The quantitative estimate of drug-likeness (QED) is 0.265. The lowest BCUT2D eigenvalue weighted by Crippen LogP contribution is -2.21. The Kier molecular flexibility index (Phi) is 7.83. The van der Waals surface area contributed by atoms with Crippen LogP contribution < -0.4 is 29.6 Å². The molecule has 1 amide bonds. The molecule has 41 heavy (non-hydrogen) atoms. The zero-order chi connectivity index (χ0) is 29.1. The Bertz CT molecular complexity index is 1570. The van der Waals surface area contributed by atoms with E-state index in [9.17, 15) is 18.0 Å². The van der Waals surface area contributed by atoms with Gasteiger partial charge in [-0.15, -0.1) is 0 Å². The fourth-order valence-corrected chi connectivity index (χ4v) is 4.36. The highest BCUT2D eigenvalue weighted by atomic mass is 19.4. The lowest BCUT2D eigenvalue weighted by molar-refractivity contribution is -0.153. The minimum Gasteiger partial charge on any atom is -0.493 e. The van der Waals surface area contributed by atoms with Gasteiger partial charge in [-0.05, 0) is 37.2 Å². The predicted octanol–water partition coefficient (Wildman–Crippen LogP) is 5.11. The summed E-state index contributed by atoms with van der Waals surface area (Å²) in [5.41, 5.74) is -0.0680. The number of nitrogens with zero attached hydrogens (tertiary/aromatic N) is 3. The number of ether oxygens (including phenoxy) is 4. The van der Waals surface area contributed by atoms with Crippen LogP contribution in [0.15, 0.2) is 48.8 Å². The standard InChI is InChI=1S/C27H25F4N5O5/c1-38-22-10-17-20(11-23(22)39-2)33-8-6-21(17)41-16-3-4-19(18(28)9-16)34-26(37)25-24(40-14-27(29,30)31)13-36(35-25)15-5-7-32-12-15/h3-4,6,8-11,13,15,32H,5,7,12,14H2,1-2H3,(H,34,37). The maximum atomic E-state index is 15.1. The van der Waals surface area contributed by atoms with Gasteiger partial charge in [0.25, 0.3) is 5.91 Å². The lowest BCUT2D eigenvalue weighted by atomic mass is 10.2. The first-order valence-corrected chi connectivity index (χ1v) is 12.4. The molecule has 2 aromatic heterocycles. The Hall–Kier alpha value is -4.59. The maximum Gasteiger partial charge on any atom is 0.422 e. The van der Waals surface area contributed by atoms with Crippen molar-refractivity contribution in [3.8, 4) is 28.7 Å². The summed E-state index contributed by atoms with van der Waals surface area (Å²) in [5, 5.41) is 10.2. The molecule has 2 N–H and O–H groups in total. The number of aromatic nitrogens is 3. The second kappa shape index (κ2) is 11.5.